The molecule has 1 N–H and O–H groups in total. The van der Waals surface area contributed by atoms with Crippen LogP contribution in [0, 0.1) is 0 Å². The van der Waals surface area contributed by atoms with Gasteiger partial charge in [-0.1, -0.05) is 11.6 Å². The van der Waals surface area contributed by atoms with E-state index in [0.717, 1.165) is 27.2 Å². The third-order valence-electron chi connectivity index (χ3n) is 2.94. The third kappa shape index (κ3) is 3.72. The van der Waals surface area contributed by atoms with Crippen LogP contribution >= 0.6 is 38.9 Å². The van der Waals surface area contributed by atoms with Crippen LogP contribution in [-0.2, 0) is 6.42 Å². The van der Waals surface area contributed by atoms with Crippen molar-refractivity contribution < 1.29 is 4.74 Å². The molecule has 0 bridgehead atoms. The molecular weight excluding hydrogens is 346 g/mol. The molecule has 0 radical (unpaired) electrons. The first-order valence-corrected chi connectivity index (χ1v) is 7.92. The van der Waals surface area contributed by atoms with Crippen molar-refractivity contribution in [2.75, 3.05) is 14.2 Å². The van der Waals surface area contributed by atoms with Gasteiger partial charge in [0, 0.05) is 37.8 Å². The molecule has 1 atom stereocenters. The molecule has 0 aliphatic carbocycles. The number of rotatable bonds is 5. The summed E-state index contributed by atoms with van der Waals surface area (Å²) in [5.41, 5.74) is 1.09. The van der Waals surface area contributed by atoms with Crippen molar-refractivity contribution in [3.8, 4) is 5.75 Å². The summed E-state index contributed by atoms with van der Waals surface area (Å²) in [6, 6.07) is 8.04. The minimum atomic E-state index is 0.180. The Morgan fingerprint density at radius 3 is 2.79 bits per heavy atom. The summed E-state index contributed by atoms with van der Waals surface area (Å²) in [6.07, 6.45) is 0.906. The van der Waals surface area contributed by atoms with Gasteiger partial charge < -0.3 is 10.1 Å². The summed E-state index contributed by atoms with van der Waals surface area (Å²) in [6.45, 7) is 0. The van der Waals surface area contributed by atoms with Gasteiger partial charge in [-0.15, -0.1) is 11.3 Å². The normalized spacial score (nSPS) is 12.4. The molecule has 0 amide bonds. The molecule has 1 unspecified atom stereocenters. The highest BCUT2D eigenvalue weighted by Gasteiger charge is 2.16. The van der Waals surface area contributed by atoms with Gasteiger partial charge in [-0.3, -0.25) is 0 Å². The lowest BCUT2D eigenvalue weighted by molar-refractivity contribution is 0.401. The Labute approximate surface area is 130 Å². The first-order valence-electron chi connectivity index (χ1n) is 5.87. The fourth-order valence-corrected chi connectivity index (χ4v) is 3.69. The minimum absolute atomic E-state index is 0.180. The van der Waals surface area contributed by atoms with Crippen LogP contribution < -0.4 is 10.1 Å². The molecule has 2 aromatic rings. The third-order valence-corrected chi connectivity index (χ3v) is 4.90. The fourth-order valence-electron chi connectivity index (χ4n) is 2.01. The molecule has 0 saturated heterocycles. The molecule has 19 heavy (non-hydrogen) atoms. The Morgan fingerprint density at radius 1 is 1.42 bits per heavy atom. The van der Waals surface area contributed by atoms with Gasteiger partial charge >= 0.3 is 0 Å². The van der Waals surface area contributed by atoms with Gasteiger partial charge in [0.25, 0.3) is 0 Å². The maximum Gasteiger partial charge on any atom is 0.123 e. The van der Waals surface area contributed by atoms with Gasteiger partial charge in [-0.2, -0.15) is 0 Å². The second-order valence-electron chi connectivity index (χ2n) is 4.16. The van der Waals surface area contributed by atoms with Crippen molar-refractivity contribution in [1.82, 2.24) is 5.32 Å². The molecular formula is C14H15BrClNOS. The van der Waals surface area contributed by atoms with Crippen molar-refractivity contribution in [3.05, 3.63) is 49.6 Å². The van der Waals surface area contributed by atoms with E-state index in [1.165, 1.54) is 4.88 Å². The van der Waals surface area contributed by atoms with Crippen LogP contribution in [0.25, 0.3) is 0 Å². The summed E-state index contributed by atoms with van der Waals surface area (Å²) in [7, 11) is 3.63. The quantitative estimate of drug-likeness (QED) is 0.836. The van der Waals surface area contributed by atoms with Crippen molar-refractivity contribution in [3.63, 3.8) is 0 Å². The van der Waals surface area contributed by atoms with Gasteiger partial charge in [-0.25, -0.2) is 0 Å². The number of methoxy groups -OCH3 is 1. The average Bonchev–Trinajstić information content (AvgIpc) is 2.81. The van der Waals surface area contributed by atoms with Crippen molar-refractivity contribution in [2.24, 2.45) is 0 Å². The number of benzene rings is 1. The lowest BCUT2D eigenvalue weighted by Gasteiger charge is -2.19. The number of thiophene rings is 1. The zero-order chi connectivity index (χ0) is 13.8. The number of hydrogen-bond acceptors (Lipinski definition) is 3. The van der Waals surface area contributed by atoms with Crippen LogP contribution in [0.4, 0.5) is 0 Å². The summed E-state index contributed by atoms with van der Waals surface area (Å²) < 4.78 is 6.55. The molecule has 2 nitrogen and oxygen atoms in total. The highest BCUT2D eigenvalue weighted by Crippen LogP contribution is 2.32. The molecule has 0 fully saturated rings. The molecule has 1 aromatic heterocycles. The average molecular weight is 361 g/mol. The zero-order valence-corrected chi connectivity index (χ0v) is 13.9. The van der Waals surface area contributed by atoms with E-state index in [4.69, 9.17) is 16.3 Å². The topological polar surface area (TPSA) is 21.3 Å². The number of nitrogens with one attached hydrogen (secondary N) is 1. The van der Waals surface area contributed by atoms with Crippen LogP contribution in [0.15, 0.2) is 34.1 Å². The Balaban J connectivity index is 2.28. The SMILES string of the molecule is CNC(Cc1cc(Br)cs1)c1cc(Cl)ccc1OC. The molecule has 5 heteroatoms. The molecule has 0 aliphatic rings. The summed E-state index contributed by atoms with van der Waals surface area (Å²) >= 11 is 11.3. The highest BCUT2D eigenvalue weighted by molar-refractivity contribution is 9.10. The van der Waals surface area contributed by atoms with E-state index in [2.05, 4.69) is 32.7 Å². The van der Waals surface area contributed by atoms with E-state index in [0.29, 0.717) is 0 Å². The summed E-state index contributed by atoms with van der Waals surface area (Å²) in [5.74, 6) is 0.861. The van der Waals surface area contributed by atoms with Crippen LogP contribution in [0.3, 0.4) is 0 Å². The van der Waals surface area contributed by atoms with E-state index >= 15 is 0 Å². The van der Waals surface area contributed by atoms with E-state index in [9.17, 15) is 0 Å². The zero-order valence-electron chi connectivity index (χ0n) is 10.7. The second kappa shape index (κ2) is 6.75. The van der Waals surface area contributed by atoms with Crippen LogP contribution in [0.1, 0.15) is 16.5 Å². The lowest BCUT2D eigenvalue weighted by atomic mass is 10.0. The number of hydrogen-bond donors (Lipinski definition) is 1. The smallest absolute Gasteiger partial charge is 0.123 e. The Kier molecular flexibility index (Phi) is 5.28. The molecule has 0 spiro atoms. The first-order chi connectivity index (χ1) is 9.13. The first kappa shape index (κ1) is 14.9. The van der Waals surface area contributed by atoms with Crippen LogP contribution in [0.2, 0.25) is 5.02 Å². The van der Waals surface area contributed by atoms with E-state index in [1.807, 2.05) is 25.2 Å². The molecule has 2 rings (SSSR count). The molecule has 1 heterocycles. The van der Waals surface area contributed by atoms with Gasteiger partial charge in [0.1, 0.15) is 5.75 Å². The number of likely N-dealkylation sites (N-methyl/N-ethyl adjacent to an activating group) is 1. The van der Waals surface area contributed by atoms with Crippen LogP contribution in [0.5, 0.6) is 5.75 Å². The number of ether oxygens (including phenoxy) is 1. The van der Waals surface area contributed by atoms with Crippen molar-refractivity contribution >= 4 is 38.9 Å². The van der Waals surface area contributed by atoms with Gasteiger partial charge in [-0.05, 0) is 47.2 Å². The monoisotopic (exact) mass is 359 g/mol. The highest BCUT2D eigenvalue weighted by atomic mass is 79.9. The Bertz CT molecular complexity index is 558. The number of halogens is 2. The lowest BCUT2D eigenvalue weighted by Crippen LogP contribution is -2.19. The van der Waals surface area contributed by atoms with Gasteiger partial charge in [0.05, 0.1) is 7.11 Å². The predicted molar refractivity (Wildman–Crippen MR) is 85.5 cm³/mol. The van der Waals surface area contributed by atoms with Gasteiger partial charge in [0.15, 0.2) is 0 Å². The van der Waals surface area contributed by atoms with E-state index in [-0.39, 0.29) is 6.04 Å². The maximum absolute atomic E-state index is 6.09. The molecule has 0 aliphatic heterocycles. The Morgan fingerprint density at radius 2 is 2.21 bits per heavy atom. The van der Waals surface area contributed by atoms with Crippen molar-refractivity contribution in [1.29, 1.82) is 0 Å². The standard InChI is InChI=1S/C14H15BrClNOS/c1-17-13(7-11-5-9(15)8-19-11)12-6-10(16)3-4-14(12)18-2/h3-6,8,13,17H,7H2,1-2H3. The Hall–Kier alpha value is -0.550. The van der Waals surface area contributed by atoms with Crippen LogP contribution in [-0.4, -0.2) is 14.2 Å². The minimum Gasteiger partial charge on any atom is -0.496 e. The second-order valence-corrected chi connectivity index (χ2v) is 6.51. The van der Waals surface area contributed by atoms with E-state index in [1.54, 1.807) is 18.4 Å². The predicted octanol–water partition coefficient (Wildman–Crippen LogP) is 4.68. The maximum atomic E-state index is 6.09. The molecule has 102 valence electrons. The summed E-state index contributed by atoms with van der Waals surface area (Å²) in [5, 5.41) is 6.15. The van der Waals surface area contributed by atoms with E-state index < -0.39 is 0 Å². The van der Waals surface area contributed by atoms with Gasteiger partial charge in [0.2, 0.25) is 0 Å². The fraction of sp³-hybridized carbons (Fsp3) is 0.286. The van der Waals surface area contributed by atoms with Crippen molar-refractivity contribution in [2.45, 2.75) is 12.5 Å². The largest absolute Gasteiger partial charge is 0.496 e. The summed E-state index contributed by atoms with van der Waals surface area (Å²) in [4.78, 5) is 1.31. The molecule has 1 aromatic carbocycles. The molecule has 0 saturated carbocycles.